The van der Waals surface area contributed by atoms with Gasteiger partial charge < -0.3 is 14.2 Å². The average molecular weight is 516 g/mol. The summed E-state index contributed by atoms with van der Waals surface area (Å²) in [4.78, 5) is 17.5. The summed E-state index contributed by atoms with van der Waals surface area (Å²) in [6.07, 6.45) is 0.601. The Labute approximate surface area is 199 Å². The van der Waals surface area contributed by atoms with Crippen molar-refractivity contribution in [3.63, 3.8) is 0 Å². The first-order valence-corrected chi connectivity index (χ1v) is 12.7. The number of amides is 1. The number of halogens is 4. The molecule has 0 saturated carbocycles. The van der Waals surface area contributed by atoms with Crippen molar-refractivity contribution in [1.82, 2.24) is 14.5 Å². The number of sulfone groups is 1. The van der Waals surface area contributed by atoms with Crippen LogP contribution in [-0.4, -0.2) is 60.8 Å². The lowest BCUT2D eigenvalue weighted by atomic mass is 10.1. The van der Waals surface area contributed by atoms with Gasteiger partial charge in [0.1, 0.15) is 23.3 Å². The molecule has 12 heteroatoms. The Morgan fingerprint density at radius 2 is 1.85 bits per heavy atom. The number of hydrogen-bond donors (Lipinski definition) is 0. The largest absolute Gasteiger partial charge is 0.373 e. The summed E-state index contributed by atoms with van der Waals surface area (Å²) in [5.74, 6) is -3.28. The van der Waals surface area contributed by atoms with Crippen molar-refractivity contribution in [2.24, 2.45) is 0 Å². The van der Waals surface area contributed by atoms with E-state index in [1.807, 2.05) is 0 Å². The van der Waals surface area contributed by atoms with E-state index in [9.17, 15) is 17.6 Å². The van der Waals surface area contributed by atoms with Gasteiger partial charge in [-0.15, -0.1) is 0 Å². The van der Waals surface area contributed by atoms with E-state index in [0.29, 0.717) is 25.1 Å². The minimum Gasteiger partial charge on any atom is -0.373 e. The van der Waals surface area contributed by atoms with E-state index in [1.54, 1.807) is 11.8 Å². The quantitative estimate of drug-likeness (QED) is 0.516. The summed E-state index contributed by atoms with van der Waals surface area (Å²) >= 11 is 5.88. The number of carbonyl (C=O) groups is 1. The normalized spacial score (nSPS) is 16.9. The first-order chi connectivity index (χ1) is 16.0. The van der Waals surface area contributed by atoms with Crippen molar-refractivity contribution in [1.29, 1.82) is 0 Å². The summed E-state index contributed by atoms with van der Waals surface area (Å²) in [7, 11) is -3.86. The van der Waals surface area contributed by atoms with Crippen LogP contribution in [-0.2, 0) is 25.9 Å². The van der Waals surface area contributed by atoms with Crippen molar-refractivity contribution in [3.8, 4) is 11.4 Å². The van der Waals surface area contributed by atoms with E-state index < -0.39 is 43.9 Å². The first-order valence-electron chi connectivity index (χ1n) is 10.4. The fourth-order valence-corrected chi connectivity index (χ4v) is 4.75. The molecule has 1 aliphatic rings. The van der Waals surface area contributed by atoms with Gasteiger partial charge in [-0.3, -0.25) is 4.79 Å². The molecule has 182 valence electrons. The molecule has 1 aliphatic heterocycles. The molecule has 0 aliphatic carbocycles. The third-order valence-corrected chi connectivity index (χ3v) is 7.02. The zero-order chi connectivity index (χ0) is 24.8. The highest BCUT2D eigenvalue weighted by molar-refractivity contribution is 7.90. The standard InChI is InChI=1S/C22H21ClF3N3O4S/c1-3-20(30)28-4-5-33-12(10-28)11-29-19-9-15(24)14(23)8-18(19)27-22(29)21-16(25)6-13(7-17(21)26)34(2,31)32/h6-9,12H,3-5,10-11H2,1-2H3/t12-/m1/s1. The van der Waals surface area contributed by atoms with E-state index in [1.165, 1.54) is 10.6 Å². The Kier molecular flexibility index (Phi) is 6.63. The summed E-state index contributed by atoms with van der Waals surface area (Å²) in [5.41, 5.74) is -0.174. The molecule has 1 fully saturated rings. The molecule has 1 atom stereocenters. The van der Waals surface area contributed by atoms with Crippen molar-refractivity contribution in [3.05, 3.63) is 46.7 Å². The minimum absolute atomic E-state index is 0.00705. The molecule has 0 N–H and O–H groups in total. The Hall–Kier alpha value is -2.63. The fraction of sp³-hybridized carbons (Fsp3) is 0.364. The number of hydrogen-bond acceptors (Lipinski definition) is 5. The monoisotopic (exact) mass is 515 g/mol. The molecule has 1 amide bonds. The molecular formula is C22H21ClF3N3O4S. The van der Waals surface area contributed by atoms with Crippen LogP contribution >= 0.6 is 11.6 Å². The van der Waals surface area contributed by atoms with Gasteiger partial charge in [0.2, 0.25) is 5.91 Å². The molecule has 0 spiro atoms. The predicted octanol–water partition coefficient (Wildman–Crippen LogP) is 3.81. The van der Waals surface area contributed by atoms with Gasteiger partial charge in [0.25, 0.3) is 0 Å². The van der Waals surface area contributed by atoms with Gasteiger partial charge in [-0.1, -0.05) is 18.5 Å². The maximum atomic E-state index is 15.0. The van der Waals surface area contributed by atoms with Gasteiger partial charge in [-0.2, -0.15) is 0 Å². The third-order valence-electron chi connectivity index (χ3n) is 5.64. The number of benzene rings is 2. The number of aromatic nitrogens is 2. The van der Waals surface area contributed by atoms with Crippen molar-refractivity contribution < 1.29 is 31.1 Å². The number of fused-ring (bicyclic) bond motifs is 1. The van der Waals surface area contributed by atoms with E-state index in [4.69, 9.17) is 16.3 Å². The molecule has 2 heterocycles. The number of rotatable bonds is 5. The molecule has 0 bridgehead atoms. The van der Waals surface area contributed by atoms with Crippen LogP contribution in [0.2, 0.25) is 5.02 Å². The number of imidazole rings is 1. The third kappa shape index (κ3) is 4.64. The smallest absolute Gasteiger partial charge is 0.222 e. The highest BCUT2D eigenvalue weighted by Gasteiger charge is 2.28. The Bertz CT molecular complexity index is 1370. The van der Waals surface area contributed by atoms with Gasteiger partial charge in [0.15, 0.2) is 9.84 Å². The Morgan fingerprint density at radius 3 is 2.47 bits per heavy atom. The molecule has 0 unspecified atom stereocenters. The van der Waals surface area contributed by atoms with Crippen molar-refractivity contribution in [2.45, 2.75) is 30.9 Å². The van der Waals surface area contributed by atoms with Crippen LogP contribution in [0.15, 0.2) is 29.2 Å². The van der Waals surface area contributed by atoms with Crippen LogP contribution in [0.5, 0.6) is 0 Å². The van der Waals surface area contributed by atoms with Crippen LogP contribution < -0.4 is 0 Å². The molecular weight excluding hydrogens is 495 g/mol. The van der Waals surface area contributed by atoms with Crippen LogP contribution in [0.25, 0.3) is 22.4 Å². The predicted molar refractivity (Wildman–Crippen MR) is 120 cm³/mol. The Balaban J connectivity index is 1.85. The second kappa shape index (κ2) is 9.20. The van der Waals surface area contributed by atoms with E-state index in [0.717, 1.165) is 12.3 Å². The van der Waals surface area contributed by atoms with Crippen LogP contribution in [0, 0.1) is 17.5 Å². The van der Waals surface area contributed by atoms with Gasteiger partial charge in [0, 0.05) is 31.8 Å². The highest BCUT2D eigenvalue weighted by Crippen LogP contribution is 2.33. The number of morpholine rings is 1. The fourth-order valence-electron chi connectivity index (χ4n) is 3.96. The van der Waals surface area contributed by atoms with Gasteiger partial charge in [0.05, 0.1) is 45.8 Å². The lowest BCUT2D eigenvalue weighted by Gasteiger charge is -2.33. The van der Waals surface area contributed by atoms with E-state index in [-0.39, 0.29) is 47.5 Å². The van der Waals surface area contributed by atoms with Crippen LogP contribution in [0.3, 0.4) is 0 Å². The van der Waals surface area contributed by atoms with Crippen LogP contribution in [0.1, 0.15) is 13.3 Å². The SMILES string of the molecule is CCC(=O)N1CCO[C@@H](Cn2c(-c3c(F)cc(S(C)(=O)=O)cc3F)nc3cc(Cl)c(F)cc32)C1. The zero-order valence-corrected chi connectivity index (χ0v) is 19.9. The second-order valence-electron chi connectivity index (χ2n) is 8.02. The maximum absolute atomic E-state index is 15.0. The molecule has 1 saturated heterocycles. The van der Waals surface area contributed by atoms with Crippen LogP contribution in [0.4, 0.5) is 13.2 Å². The van der Waals surface area contributed by atoms with E-state index in [2.05, 4.69) is 4.98 Å². The molecule has 2 aromatic carbocycles. The molecule has 7 nitrogen and oxygen atoms in total. The number of ether oxygens (including phenoxy) is 1. The van der Waals surface area contributed by atoms with Crippen molar-refractivity contribution in [2.75, 3.05) is 26.0 Å². The first kappa shape index (κ1) is 24.5. The zero-order valence-electron chi connectivity index (χ0n) is 18.3. The number of carbonyl (C=O) groups excluding carboxylic acids is 1. The van der Waals surface area contributed by atoms with Gasteiger partial charge in [-0.05, 0) is 18.2 Å². The molecule has 1 aromatic heterocycles. The highest BCUT2D eigenvalue weighted by atomic mass is 35.5. The molecule has 3 aromatic rings. The summed E-state index contributed by atoms with van der Waals surface area (Å²) in [5, 5.41) is -0.217. The molecule has 0 radical (unpaired) electrons. The van der Waals surface area contributed by atoms with Gasteiger partial charge in [-0.25, -0.2) is 26.6 Å². The summed E-state index contributed by atoms with van der Waals surface area (Å²) in [6.45, 7) is 2.67. The molecule has 34 heavy (non-hydrogen) atoms. The minimum atomic E-state index is -3.86. The molecule has 4 rings (SSSR count). The second-order valence-corrected chi connectivity index (χ2v) is 10.4. The lowest BCUT2D eigenvalue weighted by Crippen LogP contribution is -2.46. The summed E-state index contributed by atoms with van der Waals surface area (Å²) in [6, 6.07) is 3.77. The topological polar surface area (TPSA) is 81.5 Å². The van der Waals surface area contributed by atoms with Crippen molar-refractivity contribution >= 4 is 38.4 Å². The van der Waals surface area contributed by atoms with E-state index >= 15 is 8.78 Å². The average Bonchev–Trinajstić information content (AvgIpc) is 3.09. The summed E-state index contributed by atoms with van der Waals surface area (Å²) < 4.78 is 75.1. The van der Waals surface area contributed by atoms with Gasteiger partial charge >= 0.3 is 0 Å². The Morgan fingerprint density at radius 1 is 1.18 bits per heavy atom. The lowest BCUT2D eigenvalue weighted by molar-refractivity contribution is -0.138. The maximum Gasteiger partial charge on any atom is 0.222 e. The number of nitrogens with zero attached hydrogens (tertiary/aromatic N) is 3.